The normalized spacial score (nSPS) is 46.2. The fourth-order valence-electron chi connectivity index (χ4n) is 1.63. The maximum atomic E-state index is 8.34. The Labute approximate surface area is 70.7 Å². The van der Waals surface area contributed by atoms with Gasteiger partial charge in [-0.2, -0.15) is 0 Å². The van der Waals surface area contributed by atoms with Gasteiger partial charge in [-0.15, -0.1) is 0 Å². The number of hydrogen-bond donors (Lipinski definition) is 1. The highest BCUT2D eigenvalue weighted by molar-refractivity contribution is 5.06. The minimum Gasteiger partial charge on any atom is -0.343 e. The minimum absolute atomic E-state index is 0.215. The summed E-state index contributed by atoms with van der Waals surface area (Å²) in [5, 5.41) is 8.34. The summed E-state index contributed by atoms with van der Waals surface area (Å²) in [5.74, 6) is -0.632. The monoisotopic (exact) mass is 172 g/mol. The molecule has 3 unspecified atom stereocenters. The van der Waals surface area contributed by atoms with Gasteiger partial charge in [-0.1, -0.05) is 0 Å². The highest BCUT2D eigenvalue weighted by atomic mass is 17.1. The van der Waals surface area contributed by atoms with Gasteiger partial charge in [-0.05, 0) is 25.5 Å². The lowest BCUT2D eigenvalue weighted by atomic mass is 10.1. The summed E-state index contributed by atoms with van der Waals surface area (Å²) >= 11 is 0. The zero-order valence-corrected chi connectivity index (χ0v) is 6.90. The van der Waals surface area contributed by atoms with Gasteiger partial charge in [0, 0.05) is 6.42 Å². The maximum Gasteiger partial charge on any atom is 0.213 e. The first-order valence-electron chi connectivity index (χ1n) is 4.09. The lowest BCUT2D eigenvalue weighted by molar-refractivity contribution is -0.361. The molecule has 0 amide bonds. The van der Waals surface area contributed by atoms with Crippen molar-refractivity contribution in [2.24, 2.45) is 0 Å². The van der Waals surface area contributed by atoms with Gasteiger partial charge in [-0.3, -0.25) is 0 Å². The van der Waals surface area contributed by atoms with Gasteiger partial charge in [0.2, 0.25) is 6.29 Å². The van der Waals surface area contributed by atoms with E-state index in [0.717, 1.165) is 12.8 Å². The SMILES string of the molecule is CC1CCC2(C=CC(OO)O2)O1. The molecule has 0 aromatic heterocycles. The summed E-state index contributed by atoms with van der Waals surface area (Å²) < 4.78 is 10.9. The third kappa shape index (κ3) is 1.27. The molecular formula is C8H12O4. The molecule has 2 rings (SSSR count). The molecule has 1 spiro atoms. The molecule has 0 aliphatic carbocycles. The molecule has 0 aromatic rings. The fourth-order valence-corrected chi connectivity index (χ4v) is 1.63. The van der Waals surface area contributed by atoms with E-state index < -0.39 is 12.1 Å². The predicted molar refractivity (Wildman–Crippen MR) is 40.2 cm³/mol. The average Bonchev–Trinajstić information content (AvgIpc) is 2.61. The molecule has 1 fully saturated rings. The smallest absolute Gasteiger partial charge is 0.213 e. The van der Waals surface area contributed by atoms with Gasteiger partial charge < -0.3 is 9.47 Å². The van der Waals surface area contributed by atoms with Crippen LogP contribution in [0.3, 0.4) is 0 Å². The third-order valence-electron chi connectivity index (χ3n) is 2.23. The standard InChI is InChI=1S/C8H12O4/c1-6-2-4-8(10-6)5-3-7(11-8)12-9/h3,5-7,9H,2,4H2,1H3. The molecule has 68 valence electrons. The van der Waals surface area contributed by atoms with Crippen LogP contribution < -0.4 is 0 Å². The molecule has 2 aliphatic heterocycles. The molecule has 12 heavy (non-hydrogen) atoms. The Kier molecular flexibility index (Phi) is 1.92. The van der Waals surface area contributed by atoms with Crippen LogP contribution >= 0.6 is 0 Å². The Morgan fingerprint density at radius 2 is 2.42 bits per heavy atom. The van der Waals surface area contributed by atoms with Crippen molar-refractivity contribution in [1.82, 2.24) is 0 Å². The summed E-state index contributed by atoms with van der Waals surface area (Å²) in [5.41, 5.74) is 0. The van der Waals surface area contributed by atoms with E-state index in [1.165, 1.54) is 0 Å². The van der Waals surface area contributed by atoms with E-state index in [0.29, 0.717) is 0 Å². The average molecular weight is 172 g/mol. The molecule has 4 heteroatoms. The van der Waals surface area contributed by atoms with Gasteiger partial charge in [0.25, 0.3) is 0 Å². The first-order chi connectivity index (χ1) is 5.74. The van der Waals surface area contributed by atoms with Crippen molar-refractivity contribution in [2.75, 3.05) is 0 Å². The molecule has 4 nitrogen and oxygen atoms in total. The molecule has 1 N–H and O–H groups in total. The second kappa shape index (κ2) is 2.81. The second-order valence-corrected chi connectivity index (χ2v) is 3.23. The Hall–Kier alpha value is -0.420. The van der Waals surface area contributed by atoms with Crippen LogP contribution in [0.25, 0.3) is 0 Å². The highest BCUT2D eigenvalue weighted by Crippen LogP contribution is 2.37. The summed E-state index contributed by atoms with van der Waals surface area (Å²) in [6, 6.07) is 0. The minimum atomic E-state index is -0.671. The number of hydrogen-bond acceptors (Lipinski definition) is 4. The molecule has 0 saturated carbocycles. The quantitative estimate of drug-likeness (QED) is 0.368. The summed E-state index contributed by atoms with van der Waals surface area (Å²) in [7, 11) is 0. The van der Waals surface area contributed by atoms with E-state index in [9.17, 15) is 0 Å². The van der Waals surface area contributed by atoms with Crippen LogP contribution in [-0.4, -0.2) is 23.4 Å². The molecule has 3 atom stereocenters. The molecule has 1 saturated heterocycles. The van der Waals surface area contributed by atoms with Crippen LogP contribution in [0.5, 0.6) is 0 Å². The molecular weight excluding hydrogens is 160 g/mol. The van der Waals surface area contributed by atoms with Gasteiger partial charge in [0.05, 0.1) is 6.10 Å². The zero-order valence-electron chi connectivity index (χ0n) is 6.90. The Balaban J connectivity index is 2.02. The second-order valence-electron chi connectivity index (χ2n) is 3.23. The van der Waals surface area contributed by atoms with Gasteiger partial charge in [0.1, 0.15) is 0 Å². The first-order valence-corrected chi connectivity index (χ1v) is 4.09. The zero-order chi connectivity index (χ0) is 8.60. The highest BCUT2D eigenvalue weighted by Gasteiger charge is 2.42. The Morgan fingerprint density at radius 3 is 2.92 bits per heavy atom. The Morgan fingerprint density at radius 1 is 1.58 bits per heavy atom. The molecule has 2 heterocycles. The molecule has 2 aliphatic rings. The van der Waals surface area contributed by atoms with E-state index in [-0.39, 0.29) is 6.10 Å². The van der Waals surface area contributed by atoms with Crippen LogP contribution in [0.2, 0.25) is 0 Å². The van der Waals surface area contributed by atoms with E-state index in [1.54, 1.807) is 12.2 Å². The lowest BCUT2D eigenvalue weighted by Gasteiger charge is -2.22. The summed E-state index contributed by atoms with van der Waals surface area (Å²) in [6.45, 7) is 2.00. The number of ether oxygens (including phenoxy) is 2. The van der Waals surface area contributed by atoms with Crippen LogP contribution in [0, 0.1) is 0 Å². The number of rotatable bonds is 1. The van der Waals surface area contributed by atoms with E-state index in [4.69, 9.17) is 14.7 Å². The van der Waals surface area contributed by atoms with Crippen molar-refractivity contribution in [3.63, 3.8) is 0 Å². The van der Waals surface area contributed by atoms with Crippen molar-refractivity contribution >= 4 is 0 Å². The Bertz CT molecular complexity index is 203. The molecule has 0 radical (unpaired) electrons. The van der Waals surface area contributed by atoms with Gasteiger partial charge in [-0.25, -0.2) is 10.1 Å². The van der Waals surface area contributed by atoms with E-state index >= 15 is 0 Å². The van der Waals surface area contributed by atoms with E-state index in [2.05, 4.69) is 4.89 Å². The van der Waals surface area contributed by atoms with Crippen molar-refractivity contribution in [1.29, 1.82) is 0 Å². The van der Waals surface area contributed by atoms with Gasteiger partial charge >= 0.3 is 0 Å². The predicted octanol–water partition coefficient (Wildman–Crippen LogP) is 1.28. The van der Waals surface area contributed by atoms with Crippen LogP contribution in [0.4, 0.5) is 0 Å². The summed E-state index contributed by atoms with van der Waals surface area (Å²) in [6.07, 6.45) is 4.80. The molecule has 0 aromatic carbocycles. The molecule has 0 bridgehead atoms. The van der Waals surface area contributed by atoms with Crippen LogP contribution in [-0.2, 0) is 14.4 Å². The van der Waals surface area contributed by atoms with Gasteiger partial charge in [0.15, 0.2) is 5.79 Å². The van der Waals surface area contributed by atoms with Crippen molar-refractivity contribution in [3.05, 3.63) is 12.2 Å². The van der Waals surface area contributed by atoms with Crippen LogP contribution in [0.15, 0.2) is 12.2 Å². The van der Waals surface area contributed by atoms with E-state index in [1.807, 2.05) is 6.92 Å². The fraction of sp³-hybridized carbons (Fsp3) is 0.750. The topological polar surface area (TPSA) is 47.9 Å². The van der Waals surface area contributed by atoms with Crippen molar-refractivity contribution in [3.8, 4) is 0 Å². The van der Waals surface area contributed by atoms with Crippen molar-refractivity contribution < 1.29 is 19.6 Å². The lowest BCUT2D eigenvalue weighted by Crippen LogP contribution is -2.29. The van der Waals surface area contributed by atoms with Crippen LogP contribution in [0.1, 0.15) is 19.8 Å². The third-order valence-corrected chi connectivity index (χ3v) is 2.23. The van der Waals surface area contributed by atoms with Crippen molar-refractivity contribution in [2.45, 2.75) is 37.9 Å². The summed E-state index contributed by atoms with van der Waals surface area (Å²) in [4.78, 5) is 4.04. The largest absolute Gasteiger partial charge is 0.343 e. The first kappa shape index (κ1) is 8.19. The maximum absolute atomic E-state index is 8.34.